The van der Waals surface area contributed by atoms with Gasteiger partial charge in [-0.05, 0) is 136 Å². The third-order valence-electron chi connectivity index (χ3n) is 25.5. The Kier molecular flexibility index (Phi) is 19.4. The Morgan fingerprint density at radius 3 is 1.64 bits per heavy atom. The molecule has 0 saturated carbocycles. The number of thioether (sulfide) groups is 1. The molecule has 87 heavy (non-hydrogen) atoms. The molecule has 7 unspecified atom stereocenters. The monoisotopic (exact) mass is 1260 g/mol. The summed E-state index contributed by atoms with van der Waals surface area (Å²) >= 11 is 1.79. The first-order valence-electron chi connectivity index (χ1n) is 31.0. The van der Waals surface area contributed by atoms with Crippen LogP contribution in [0, 0.1) is 22.2 Å². The maximum atomic E-state index is 13.9. The highest BCUT2D eigenvalue weighted by Crippen LogP contribution is 2.63. The van der Waals surface area contributed by atoms with Gasteiger partial charge in [-0.1, -0.05) is 34.1 Å². The van der Waals surface area contributed by atoms with Crippen LogP contribution < -0.4 is 16.0 Å². The van der Waals surface area contributed by atoms with Crippen molar-refractivity contribution >= 4 is 29.7 Å². The second-order valence-electron chi connectivity index (χ2n) is 31.2. The summed E-state index contributed by atoms with van der Waals surface area (Å²) < 4.78 is 52.9. The van der Waals surface area contributed by atoms with Crippen molar-refractivity contribution in [3.63, 3.8) is 0 Å². The Morgan fingerprint density at radius 1 is 0.575 bits per heavy atom. The quantitative estimate of drug-likeness (QED) is 0.0418. The van der Waals surface area contributed by atoms with Crippen LogP contribution in [0.5, 0.6) is 0 Å². The van der Waals surface area contributed by atoms with Gasteiger partial charge in [-0.2, -0.15) is 11.8 Å². The molecule has 506 valence electrons. The van der Waals surface area contributed by atoms with Gasteiger partial charge in [-0.25, -0.2) is 4.79 Å². The Morgan fingerprint density at radius 2 is 1.09 bits per heavy atom. The second kappa shape index (κ2) is 22.8. The molecule has 0 spiro atoms. The molecule has 24 heteroatoms. The minimum absolute atomic E-state index is 0.0222. The number of carbonyl (C=O) groups excluding carboxylic acids is 3. The van der Waals surface area contributed by atoms with Crippen LogP contribution in [0.3, 0.4) is 0 Å². The lowest BCUT2D eigenvalue weighted by Crippen LogP contribution is -2.84. The van der Waals surface area contributed by atoms with Gasteiger partial charge in [0.05, 0.1) is 91.6 Å². The van der Waals surface area contributed by atoms with Crippen LogP contribution in [0.25, 0.3) is 0 Å². The normalized spacial score (nSPS) is 51.1. The van der Waals surface area contributed by atoms with Gasteiger partial charge in [0.2, 0.25) is 11.7 Å². The zero-order valence-corrected chi connectivity index (χ0v) is 57.4. The maximum absolute atomic E-state index is 13.9. The predicted octanol–water partition coefficient (Wildman–Crippen LogP) is 3.67. The number of aliphatic hydroxyl groups excluding tert-OH is 2. The summed E-state index contributed by atoms with van der Waals surface area (Å²) in [6.45, 7) is 33.7. The Balaban J connectivity index is 1.19. The van der Waals surface area contributed by atoms with Crippen molar-refractivity contribution in [3.05, 3.63) is 0 Å². The molecule has 6 rings (SSSR count). The van der Waals surface area contributed by atoms with E-state index in [1.807, 2.05) is 13.8 Å². The fourth-order valence-electron chi connectivity index (χ4n) is 15.9. The largest absolute Gasteiger partial charge is 0.431 e. The van der Waals surface area contributed by atoms with Crippen LogP contribution in [0.15, 0.2) is 0 Å². The second-order valence-corrected chi connectivity index (χ2v) is 32.4. The Labute approximate surface area is 521 Å². The van der Waals surface area contributed by atoms with Gasteiger partial charge < -0.3 is 99.8 Å². The topological polar surface area (TPSA) is 343 Å². The van der Waals surface area contributed by atoms with E-state index in [0.29, 0.717) is 12.8 Å². The van der Waals surface area contributed by atoms with Crippen molar-refractivity contribution in [2.75, 3.05) is 58.6 Å². The van der Waals surface area contributed by atoms with E-state index in [9.17, 15) is 60.3 Å². The highest BCUT2D eigenvalue weighted by molar-refractivity contribution is 8.00. The molecule has 0 aliphatic carbocycles. The summed E-state index contributed by atoms with van der Waals surface area (Å²) in [5.41, 5.74) is -30.8. The van der Waals surface area contributed by atoms with Gasteiger partial charge in [0.25, 0.3) is 0 Å². The summed E-state index contributed by atoms with van der Waals surface area (Å²) in [4.78, 5) is 39.1. The van der Waals surface area contributed by atoms with E-state index in [1.165, 1.54) is 62.3 Å². The fraction of sp³-hybridized carbons (Fsp3) is 0.952. The third-order valence-corrected chi connectivity index (χ3v) is 27.0. The first-order chi connectivity index (χ1) is 39.0. The summed E-state index contributed by atoms with van der Waals surface area (Å²) in [7, 11) is 0. The van der Waals surface area contributed by atoms with Crippen molar-refractivity contribution in [1.82, 2.24) is 16.0 Å². The smallest absolute Gasteiger partial charge is 0.315 e. The summed E-state index contributed by atoms with van der Waals surface area (Å²) in [6, 6.07) is -0.0428. The summed E-state index contributed by atoms with van der Waals surface area (Å²) in [5.74, 6) is -2.54. The number of fused-ring (bicyclic) bond motifs is 1. The number of hydrogen-bond acceptors (Lipinski definition) is 21. The molecule has 0 aromatic carbocycles. The number of hydrogen-bond donors (Lipinski definition) is 12. The van der Waals surface area contributed by atoms with E-state index in [4.69, 9.17) is 37.9 Å². The molecule has 6 heterocycles. The highest BCUT2D eigenvalue weighted by Gasteiger charge is 2.78. The lowest BCUT2D eigenvalue weighted by atomic mass is 9.52. The van der Waals surface area contributed by atoms with E-state index < -0.39 is 144 Å². The van der Waals surface area contributed by atoms with E-state index in [0.717, 1.165) is 12.2 Å². The number of nitrogens with one attached hydrogen (secondary N) is 3. The molecule has 21 atom stereocenters. The van der Waals surface area contributed by atoms with Crippen molar-refractivity contribution in [2.24, 2.45) is 22.2 Å². The molecule has 23 nitrogen and oxygen atoms in total. The Hall–Kier alpha value is -2.08. The molecular weight excluding hydrogens is 1150 g/mol. The van der Waals surface area contributed by atoms with Crippen molar-refractivity contribution < 1.29 is 98.2 Å². The number of ether oxygens (including phenoxy) is 8. The number of aliphatic hydroxyl groups is 9. The molecule has 6 fully saturated rings. The first kappa shape index (κ1) is 74.0. The molecule has 12 N–H and O–H groups in total. The number of esters is 1. The molecule has 0 aromatic heterocycles. The average Bonchev–Trinajstić information content (AvgIpc) is 0.799. The summed E-state index contributed by atoms with van der Waals surface area (Å²) in [5, 5.41) is 117. The number of carbonyl (C=O) groups is 3. The zero-order chi connectivity index (χ0) is 66.9. The third kappa shape index (κ3) is 10.7. The van der Waals surface area contributed by atoms with Gasteiger partial charge in [-0.3, -0.25) is 9.59 Å². The van der Waals surface area contributed by atoms with Crippen molar-refractivity contribution in [1.29, 1.82) is 0 Å². The average molecular weight is 1260 g/mol. The number of rotatable bonds is 22. The first-order valence-corrected chi connectivity index (χ1v) is 32.1. The van der Waals surface area contributed by atoms with E-state index in [2.05, 4.69) is 16.0 Å². The van der Waals surface area contributed by atoms with Crippen LogP contribution in [0.1, 0.15) is 191 Å². The van der Waals surface area contributed by atoms with Crippen molar-refractivity contribution in [2.45, 2.75) is 298 Å². The lowest BCUT2D eigenvalue weighted by Gasteiger charge is -2.68. The standard InChI is InChI=1S/C63H113N3O20S/c1-38-47(7,55(15,66-39(2)69)63(23,85-48(38,8)31-67)82-42(70)27-25-24-26-41-43-40(30-87-41)64-44(71)65-43)33-79-29-28-51(11)59(19,75)57(17,73)49(9,45(3,4)83-51)34-80-36-53(13)50(10,58(18,74)60(20,76)52(12,32-68)86-53)35-81-37-54(14)61(21,77)62(22,78)56(16,72)46(5,6)84-54/h38,40-41,43,67-68,72-78H,24-37H2,1-23H3,(H,66,69)(H2,64,65,71)/t38-,40+,41?,43+,47-,48?,49-,50?,51-,52?,53+,54+,55?,56-,57+,58+,59?,60-,61?,62+,63-/m1/s1. The van der Waals surface area contributed by atoms with Crippen LogP contribution in [0.4, 0.5) is 4.79 Å². The number of unbranched alkanes of at least 4 members (excludes halogenated alkanes) is 1. The van der Waals surface area contributed by atoms with E-state index >= 15 is 0 Å². The molecule has 0 aromatic rings. The van der Waals surface area contributed by atoms with Crippen LogP contribution >= 0.6 is 11.8 Å². The molecule has 6 saturated heterocycles. The minimum Gasteiger partial charge on any atom is -0.431 e. The molecule has 6 aliphatic heterocycles. The number of urea groups is 1. The molecule has 6 aliphatic rings. The Bertz CT molecular complexity index is 2560. The minimum atomic E-state index is -2.15. The van der Waals surface area contributed by atoms with E-state index in [1.54, 1.807) is 94.8 Å². The van der Waals surface area contributed by atoms with Gasteiger partial charge in [0.15, 0.2) is 0 Å². The van der Waals surface area contributed by atoms with Gasteiger partial charge in [-0.15, -0.1) is 0 Å². The van der Waals surface area contributed by atoms with Crippen LogP contribution in [-0.4, -0.2) is 230 Å². The van der Waals surface area contributed by atoms with E-state index in [-0.39, 0.29) is 69.2 Å². The SMILES string of the molecule is CC(=O)NC1(C)[C@](C)(OC(=O)CCCCC2SC[C@@H]3NC(=O)N[C@H]23)OC(C)(CO)[C@H](C)[C@@]1(C)COCC[C@@]1(C)OC(C)(C)[C@@](C)(COC[C@]2(C)OC(C)(CO)[C@@](C)(O)[C@@](C)(O)C2(C)COC[C@]2(C)OC(C)(C)[C@@](C)(O)[C@](C)(O)C2(C)O)[C@](C)(O)C1(C)O. The van der Waals surface area contributed by atoms with Crippen molar-refractivity contribution in [3.8, 4) is 0 Å². The molecule has 0 radical (unpaired) electrons. The van der Waals surface area contributed by atoms with Gasteiger partial charge in [0, 0.05) is 49.7 Å². The predicted molar refractivity (Wildman–Crippen MR) is 324 cm³/mol. The molecular formula is C63H113N3O20S. The summed E-state index contributed by atoms with van der Waals surface area (Å²) in [6.07, 6.45) is 2.07. The molecule has 3 amide bonds. The lowest BCUT2D eigenvalue weighted by molar-refractivity contribution is -0.413. The fourth-order valence-corrected chi connectivity index (χ4v) is 17.4. The van der Waals surface area contributed by atoms with Crippen LogP contribution in [-0.2, 0) is 47.5 Å². The molecule has 0 bridgehead atoms. The maximum Gasteiger partial charge on any atom is 0.315 e. The van der Waals surface area contributed by atoms with Gasteiger partial charge in [0.1, 0.15) is 61.5 Å². The van der Waals surface area contributed by atoms with Gasteiger partial charge >= 0.3 is 12.0 Å². The zero-order valence-electron chi connectivity index (χ0n) is 56.6. The van der Waals surface area contributed by atoms with Crippen LogP contribution in [0.2, 0.25) is 0 Å². The number of amides is 3. The highest BCUT2D eigenvalue weighted by atomic mass is 32.2.